The highest BCUT2D eigenvalue weighted by molar-refractivity contribution is 9.10. The van der Waals surface area contributed by atoms with Crippen LogP contribution in [0.3, 0.4) is 0 Å². The standard InChI is InChI=1S/C33H27BrN2O4S2/c1-16-6-8-17(9-7-16)15-40-23-5-3-2-4-20(23)24-25-21-14-22(28(25)41-30-29(24)42-33(39)35-30)27-26(21)31(37)36(32(27)38)19-12-10-18(34)11-13-19/h2-13,21-22,24-28H,14-15H2,1H3,(H,35,39)/t21-,22-,24+,25+,26+,27+,28-/m1/s1. The molecule has 2 aliphatic heterocycles. The van der Waals surface area contributed by atoms with E-state index in [9.17, 15) is 14.4 Å². The zero-order valence-corrected chi connectivity index (χ0v) is 25.9. The summed E-state index contributed by atoms with van der Waals surface area (Å²) in [6, 6.07) is 23.8. The fourth-order valence-corrected chi connectivity index (χ4v) is 11.1. The SMILES string of the molecule is Cc1ccc(COc2ccccc2[C@@H]2c3sc(=O)[nH]c3S[C@@H]3[C@@H]4C[C@@H]([C@@H]5C(=O)N(c6ccc(Br)cc6)C(=O)[C@@H]45)[C@@H]23)cc1. The molecule has 0 radical (unpaired) electrons. The lowest BCUT2D eigenvalue weighted by atomic mass is 9.68. The minimum Gasteiger partial charge on any atom is -0.489 e. The van der Waals surface area contributed by atoms with E-state index < -0.39 is 0 Å². The van der Waals surface area contributed by atoms with Crippen molar-refractivity contribution >= 4 is 56.5 Å². The van der Waals surface area contributed by atoms with E-state index >= 15 is 0 Å². The van der Waals surface area contributed by atoms with Crippen LogP contribution in [0.4, 0.5) is 5.69 Å². The van der Waals surface area contributed by atoms with E-state index in [4.69, 9.17) is 4.74 Å². The number of nitrogens with one attached hydrogen (secondary N) is 1. The molecule has 3 aromatic carbocycles. The number of hydrogen-bond donors (Lipinski definition) is 1. The monoisotopic (exact) mass is 658 g/mol. The minimum absolute atomic E-state index is 0.0508. The van der Waals surface area contributed by atoms with Crippen LogP contribution in [0.5, 0.6) is 5.75 Å². The molecule has 7 atom stereocenters. The molecule has 2 aliphatic carbocycles. The Hall–Kier alpha value is -3.14. The number of H-pyrrole nitrogens is 1. The number of thioether (sulfide) groups is 1. The number of benzene rings is 3. The molecule has 3 fully saturated rings. The summed E-state index contributed by atoms with van der Waals surface area (Å²) in [6.07, 6.45) is 0.853. The fraction of sp³-hybridized carbons (Fsp3) is 0.303. The molecule has 0 spiro atoms. The van der Waals surface area contributed by atoms with Gasteiger partial charge in [-0.15, -0.1) is 11.8 Å². The normalized spacial score (nSPS) is 29.0. The van der Waals surface area contributed by atoms with Crippen LogP contribution in [-0.4, -0.2) is 22.0 Å². The van der Waals surface area contributed by atoms with Gasteiger partial charge in [-0.3, -0.25) is 19.3 Å². The smallest absolute Gasteiger partial charge is 0.305 e. The van der Waals surface area contributed by atoms with Crippen LogP contribution in [0.1, 0.15) is 33.9 Å². The van der Waals surface area contributed by atoms with Gasteiger partial charge in [0.05, 0.1) is 22.5 Å². The highest BCUT2D eigenvalue weighted by atomic mass is 79.9. The Morgan fingerprint density at radius 3 is 2.40 bits per heavy atom. The Bertz CT molecular complexity index is 1780. The van der Waals surface area contributed by atoms with Crippen LogP contribution in [0, 0.1) is 36.5 Å². The van der Waals surface area contributed by atoms with Gasteiger partial charge in [-0.25, -0.2) is 0 Å². The van der Waals surface area contributed by atoms with E-state index in [1.54, 1.807) is 11.8 Å². The van der Waals surface area contributed by atoms with Crippen molar-refractivity contribution in [2.24, 2.45) is 29.6 Å². The van der Waals surface area contributed by atoms with Crippen molar-refractivity contribution in [2.45, 2.75) is 36.1 Å². The predicted molar refractivity (Wildman–Crippen MR) is 167 cm³/mol. The van der Waals surface area contributed by atoms with Gasteiger partial charge in [0.15, 0.2) is 0 Å². The Labute approximate surface area is 259 Å². The van der Waals surface area contributed by atoms with Gasteiger partial charge in [0.25, 0.3) is 0 Å². The number of halogens is 1. The number of rotatable bonds is 5. The largest absolute Gasteiger partial charge is 0.489 e. The average molecular weight is 660 g/mol. The molecule has 1 aromatic heterocycles. The zero-order chi connectivity index (χ0) is 28.7. The molecule has 6 nitrogen and oxygen atoms in total. The molecule has 0 unspecified atom stereocenters. The maximum atomic E-state index is 14.0. The van der Waals surface area contributed by atoms with E-state index in [1.807, 2.05) is 42.5 Å². The summed E-state index contributed by atoms with van der Waals surface area (Å²) < 4.78 is 7.35. The van der Waals surface area contributed by atoms with Crippen LogP contribution >= 0.6 is 39.0 Å². The lowest BCUT2D eigenvalue weighted by Crippen LogP contribution is -2.42. The molecule has 1 saturated heterocycles. The molecular formula is C33H27BrN2O4S2. The number of nitrogens with zero attached hydrogens (tertiary/aromatic N) is 1. The molecule has 9 heteroatoms. The van der Waals surface area contributed by atoms with Crippen molar-refractivity contribution in [3.8, 4) is 5.75 Å². The molecule has 8 rings (SSSR count). The van der Waals surface area contributed by atoms with Gasteiger partial charge in [-0.2, -0.15) is 0 Å². The minimum atomic E-state index is -0.339. The van der Waals surface area contributed by atoms with E-state index in [0.717, 1.165) is 37.7 Å². The van der Waals surface area contributed by atoms with Crippen LogP contribution < -0.4 is 14.5 Å². The first-order valence-corrected chi connectivity index (χ1v) is 16.7. The summed E-state index contributed by atoms with van der Waals surface area (Å²) in [7, 11) is 0. The number of aryl methyl sites for hydroxylation is 1. The lowest BCUT2D eigenvalue weighted by Gasteiger charge is -2.43. The third-order valence-corrected chi connectivity index (χ3v) is 12.7. The first kappa shape index (κ1) is 26.5. The third kappa shape index (κ3) is 4.00. The topological polar surface area (TPSA) is 79.5 Å². The molecule has 3 heterocycles. The van der Waals surface area contributed by atoms with Crippen molar-refractivity contribution in [1.82, 2.24) is 4.98 Å². The third-order valence-electron chi connectivity index (χ3n) is 9.58. The van der Waals surface area contributed by atoms with Crippen LogP contribution in [0.25, 0.3) is 0 Å². The van der Waals surface area contributed by atoms with Crippen molar-refractivity contribution < 1.29 is 14.3 Å². The van der Waals surface area contributed by atoms with Crippen molar-refractivity contribution in [3.63, 3.8) is 0 Å². The number of carbonyl (C=O) groups excluding carboxylic acids is 2. The number of para-hydroxylation sites is 1. The number of hydrogen-bond acceptors (Lipinski definition) is 6. The fourth-order valence-electron chi connectivity index (χ4n) is 7.92. The first-order chi connectivity index (χ1) is 20.4. The molecule has 2 amide bonds. The van der Waals surface area contributed by atoms with Crippen molar-refractivity contribution in [3.05, 3.63) is 109 Å². The van der Waals surface area contributed by atoms with Crippen molar-refractivity contribution in [2.75, 3.05) is 4.90 Å². The average Bonchev–Trinajstić information content (AvgIpc) is 3.72. The summed E-state index contributed by atoms with van der Waals surface area (Å²) in [4.78, 5) is 46.0. The van der Waals surface area contributed by atoms with Gasteiger partial charge in [0.1, 0.15) is 12.4 Å². The Balaban J connectivity index is 1.18. The van der Waals surface area contributed by atoms with Gasteiger partial charge < -0.3 is 9.72 Å². The number of anilines is 1. The van der Waals surface area contributed by atoms with E-state index in [0.29, 0.717) is 12.3 Å². The lowest BCUT2D eigenvalue weighted by molar-refractivity contribution is -0.123. The number of fused-ring (bicyclic) bond motifs is 9. The molecule has 2 bridgehead atoms. The molecule has 1 N–H and O–H groups in total. The molecular weight excluding hydrogens is 632 g/mol. The van der Waals surface area contributed by atoms with Gasteiger partial charge >= 0.3 is 4.87 Å². The summed E-state index contributed by atoms with van der Waals surface area (Å²) in [5.74, 6) is 0.122. The van der Waals surface area contributed by atoms with Gasteiger partial charge in [0, 0.05) is 26.1 Å². The second kappa shape index (κ2) is 9.96. The van der Waals surface area contributed by atoms with Crippen LogP contribution in [0.2, 0.25) is 0 Å². The molecule has 42 heavy (non-hydrogen) atoms. The second-order valence-corrected chi connectivity index (χ2v) is 14.9. The van der Waals surface area contributed by atoms with E-state index in [2.05, 4.69) is 58.2 Å². The number of amides is 2. The Kier molecular flexibility index (Phi) is 6.28. The second-order valence-electron chi connectivity index (χ2n) is 11.8. The molecule has 4 aliphatic rings. The van der Waals surface area contributed by atoms with Gasteiger partial charge in [-0.05, 0) is 67.0 Å². The molecule has 4 aromatic rings. The van der Waals surface area contributed by atoms with E-state index in [1.165, 1.54) is 21.8 Å². The maximum Gasteiger partial charge on any atom is 0.305 e. The quantitative estimate of drug-likeness (QED) is 0.240. The summed E-state index contributed by atoms with van der Waals surface area (Å²) in [5, 5.41) is 1.03. The Morgan fingerprint density at radius 2 is 1.64 bits per heavy atom. The number of imide groups is 1. The zero-order valence-electron chi connectivity index (χ0n) is 22.7. The first-order valence-electron chi connectivity index (χ1n) is 14.2. The highest BCUT2D eigenvalue weighted by Gasteiger charge is 2.69. The summed E-state index contributed by atoms with van der Waals surface area (Å²) in [6.45, 7) is 2.51. The van der Waals surface area contributed by atoms with Crippen molar-refractivity contribution in [1.29, 1.82) is 0 Å². The van der Waals surface area contributed by atoms with E-state index in [-0.39, 0.29) is 57.4 Å². The number of carbonyl (C=O) groups is 2. The predicted octanol–water partition coefficient (Wildman–Crippen LogP) is 6.76. The van der Waals surface area contributed by atoms with Crippen LogP contribution in [0.15, 0.2) is 87.1 Å². The number of ether oxygens (including phenoxy) is 1. The van der Waals surface area contributed by atoms with Crippen LogP contribution in [-0.2, 0) is 16.2 Å². The molecule has 2 saturated carbocycles. The molecule has 212 valence electrons. The highest BCUT2D eigenvalue weighted by Crippen LogP contribution is 2.69. The van der Waals surface area contributed by atoms with Gasteiger partial charge in [-0.1, -0.05) is 75.3 Å². The van der Waals surface area contributed by atoms with Gasteiger partial charge in [0.2, 0.25) is 11.8 Å². The Morgan fingerprint density at radius 1 is 0.929 bits per heavy atom. The number of aromatic nitrogens is 1. The summed E-state index contributed by atoms with van der Waals surface area (Å²) in [5.41, 5.74) is 3.97. The number of thiazole rings is 1. The number of aromatic amines is 1. The summed E-state index contributed by atoms with van der Waals surface area (Å²) >= 11 is 6.42. The maximum absolute atomic E-state index is 14.0.